The molecule has 3 rings (SSSR count). The summed E-state index contributed by atoms with van der Waals surface area (Å²) in [7, 11) is 0. The summed E-state index contributed by atoms with van der Waals surface area (Å²) in [6, 6.07) is 4.30. The zero-order chi connectivity index (χ0) is 14.5. The van der Waals surface area contributed by atoms with E-state index in [1.54, 1.807) is 18.2 Å². The number of hydrogen-bond donors (Lipinski definition) is 1. The van der Waals surface area contributed by atoms with Crippen LogP contribution in [-0.4, -0.2) is 18.0 Å². The fourth-order valence-electron chi connectivity index (χ4n) is 3.07. The quantitative estimate of drug-likeness (QED) is 0.861. The largest absolute Gasteiger partial charge is 0.334 e. The number of carbonyl (C=O) groups is 2. The zero-order valence-electron chi connectivity index (χ0n) is 11.0. The SMILES string of the molecule is CC12CCCC1NC(=O)N(c1ccc(Cl)c(Cl)c1)C2=O. The number of carbonyl (C=O) groups excluding carboxylic acids is 2. The monoisotopic (exact) mass is 312 g/mol. The van der Waals surface area contributed by atoms with Gasteiger partial charge >= 0.3 is 6.03 Å². The van der Waals surface area contributed by atoms with Crippen molar-refractivity contribution in [2.24, 2.45) is 5.41 Å². The van der Waals surface area contributed by atoms with Gasteiger partial charge in [-0.05, 0) is 38.0 Å². The van der Waals surface area contributed by atoms with Crippen molar-refractivity contribution in [2.75, 3.05) is 4.90 Å². The van der Waals surface area contributed by atoms with E-state index in [1.807, 2.05) is 6.92 Å². The van der Waals surface area contributed by atoms with Crippen molar-refractivity contribution in [1.82, 2.24) is 5.32 Å². The van der Waals surface area contributed by atoms with E-state index in [0.29, 0.717) is 15.7 Å². The van der Waals surface area contributed by atoms with Gasteiger partial charge in [0.15, 0.2) is 0 Å². The van der Waals surface area contributed by atoms with Gasteiger partial charge < -0.3 is 5.32 Å². The third-order valence-electron chi connectivity index (χ3n) is 4.31. The predicted molar refractivity (Wildman–Crippen MR) is 78.2 cm³/mol. The lowest BCUT2D eigenvalue weighted by Gasteiger charge is -2.40. The molecule has 6 heteroatoms. The molecule has 0 radical (unpaired) electrons. The first-order valence-electron chi connectivity index (χ1n) is 6.53. The Bertz CT molecular complexity index is 605. The Balaban J connectivity index is 2.02. The Hall–Kier alpha value is -1.26. The summed E-state index contributed by atoms with van der Waals surface area (Å²) < 4.78 is 0. The molecule has 1 heterocycles. The molecule has 0 bridgehead atoms. The maximum absolute atomic E-state index is 12.7. The second-order valence-corrected chi connectivity index (χ2v) is 6.37. The normalized spacial score (nSPS) is 29.4. The molecular weight excluding hydrogens is 299 g/mol. The van der Waals surface area contributed by atoms with Crippen molar-refractivity contribution in [3.63, 3.8) is 0 Å². The molecule has 0 spiro atoms. The maximum atomic E-state index is 12.7. The number of anilines is 1. The number of halogens is 2. The van der Waals surface area contributed by atoms with E-state index in [-0.39, 0.29) is 11.9 Å². The van der Waals surface area contributed by atoms with Crippen LogP contribution in [0.15, 0.2) is 18.2 Å². The number of amides is 3. The first kappa shape index (κ1) is 13.7. The number of fused-ring (bicyclic) bond motifs is 1. The molecule has 2 fully saturated rings. The molecule has 1 N–H and O–H groups in total. The van der Waals surface area contributed by atoms with Gasteiger partial charge in [-0.1, -0.05) is 29.6 Å². The van der Waals surface area contributed by atoms with Gasteiger partial charge in [-0.3, -0.25) is 4.79 Å². The summed E-state index contributed by atoms with van der Waals surface area (Å²) in [6.45, 7) is 1.91. The molecule has 1 aromatic carbocycles. The number of hydrogen-bond acceptors (Lipinski definition) is 2. The number of imide groups is 1. The van der Waals surface area contributed by atoms with Gasteiger partial charge in [0, 0.05) is 6.04 Å². The molecule has 4 nitrogen and oxygen atoms in total. The number of rotatable bonds is 1. The standard InChI is InChI=1S/C14H14Cl2N2O2/c1-14-6-2-3-11(14)17-13(20)18(12(14)19)8-4-5-9(15)10(16)7-8/h4-5,7,11H,2-3,6H2,1H3,(H,17,20). The molecule has 2 aliphatic rings. The first-order valence-corrected chi connectivity index (χ1v) is 7.29. The molecule has 3 amide bonds. The summed E-state index contributed by atoms with van der Waals surface area (Å²) in [6.07, 6.45) is 2.58. The van der Waals surface area contributed by atoms with Crippen LogP contribution in [-0.2, 0) is 4.79 Å². The maximum Gasteiger partial charge on any atom is 0.329 e. The minimum Gasteiger partial charge on any atom is -0.334 e. The molecule has 106 valence electrons. The minimum absolute atomic E-state index is 0.0680. The van der Waals surface area contributed by atoms with Gasteiger partial charge in [-0.25, -0.2) is 9.69 Å². The molecular formula is C14H14Cl2N2O2. The molecule has 1 aromatic rings. The topological polar surface area (TPSA) is 49.4 Å². The van der Waals surface area contributed by atoms with E-state index in [0.717, 1.165) is 19.3 Å². The predicted octanol–water partition coefficient (Wildman–Crippen LogP) is 3.61. The molecule has 1 saturated heterocycles. The van der Waals surface area contributed by atoms with Gasteiger partial charge in [-0.2, -0.15) is 0 Å². The van der Waals surface area contributed by atoms with E-state index in [2.05, 4.69) is 5.32 Å². The Kier molecular flexibility index (Phi) is 3.18. The highest BCUT2D eigenvalue weighted by atomic mass is 35.5. The molecule has 20 heavy (non-hydrogen) atoms. The van der Waals surface area contributed by atoms with E-state index in [4.69, 9.17) is 23.2 Å². The van der Waals surface area contributed by atoms with Crippen LogP contribution in [0.25, 0.3) is 0 Å². The smallest absolute Gasteiger partial charge is 0.329 e. The van der Waals surface area contributed by atoms with Crippen LogP contribution in [0, 0.1) is 5.41 Å². The summed E-state index contributed by atoms with van der Waals surface area (Å²) in [5.74, 6) is -0.165. The highest BCUT2D eigenvalue weighted by Gasteiger charge is 2.53. The van der Waals surface area contributed by atoms with Crippen molar-refractivity contribution in [3.8, 4) is 0 Å². The summed E-state index contributed by atoms with van der Waals surface area (Å²) in [5, 5.41) is 3.64. The second kappa shape index (κ2) is 4.64. The number of nitrogens with zero attached hydrogens (tertiary/aromatic N) is 1. The van der Waals surface area contributed by atoms with Crippen LogP contribution >= 0.6 is 23.2 Å². The zero-order valence-corrected chi connectivity index (χ0v) is 12.5. The lowest BCUT2D eigenvalue weighted by molar-refractivity contribution is -0.128. The number of nitrogens with one attached hydrogen (secondary N) is 1. The highest BCUT2D eigenvalue weighted by molar-refractivity contribution is 6.42. The van der Waals surface area contributed by atoms with Gasteiger partial charge in [0.1, 0.15) is 0 Å². The van der Waals surface area contributed by atoms with Crippen LogP contribution in [0.2, 0.25) is 10.0 Å². The van der Waals surface area contributed by atoms with Crippen LogP contribution in [0.3, 0.4) is 0 Å². The average Bonchev–Trinajstić information content (AvgIpc) is 2.77. The Morgan fingerprint density at radius 3 is 2.75 bits per heavy atom. The average molecular weight is 313 g/mol. The number of urea groups is 1. The fraction of sp³-hybridized carbons (Fsp3) is 0.429. The van der Waals surface area contributed by atoms with E-state index in [1.165, 1.54) is 4.90 Å². The lowest BCUT2D eigenvalue weighted by Crippen LogP contribution is -2.63. The van der Waals surface area contributed by atoms with Crippen molar-refractivity contribution >= 4 is 40.8 Å². The fourth-order valence-corrected chi connectivity index (χ4v) is 3.37. The van der Waals surface area contributed by atoms with Crippen LogP contribution in [0.5, 0.6) is 0 Å². The molecule has 0 aromatic heterocycles. The Morgan fingerprint density at radius 1 is 1.30 bits per heavy atom. The third kappa shape index (κ3) is 1.90. The van der Waals surface area contributed by atoms with Crippen molar-refractivity contribution in [3.05, 3.63) is 28.2 Å². The minimum atomic E-state index is -0.528. The van der Waals surface area contributed by atoms with E-state index >= 15 is 0 Å². The molecule has 2 atom stereocenters. The van der Waals surface area contributed by atoms with Crippen molar-refractivity contribution in [1.29, 1.82) is 0 Å². The van der Waals surface area contributed by atoms with Crippen molar-refractivity contribution < 1.29 is 9.59 Å². The first-order chi connectivity index (χ1) is 9.43. The lowest BCUT2D eigenvalue weighted by atomic mass is 9.81. The Morgan fingerprint density at radius 2 is 2.05 bits per heavy atom. The van der Waals surface area contributed by atoms with Crippen LogP contribution < -0.4 is 10.2 Å². The molecule has 1 aliphatic carbocycles. The molecule has 2 unspecified atom stereocenters. The highest BCUT2D eigenvalue weighted by Crippen LogP contribution is 2.43. The Labute approximate surface area is 127 Å². The molecule has 1 saturated carbocycles. The van der Waals surface area contributed by atoms with E-state index < -0.39 is 11.4 Å². The summed E-state index contributed by atoms with van der Waals surface area (Å²) >= 11 is 11.8. The van der Waals surface area contributed by atoms with Crippen molar-refractivity contribution in [2.45, 2.75) is 32.2 Å². The van der Waals surface area contributed by atoms with Gasteiger partial charge in [0.2, 0.25) is 5.91 Å². The summed E-state index contributed by atoms with van der Waals surface area (Å²) in [5.41, 5.74) is -0.0755. The summed E-state index contributed by atoms with van der Waals surface area (Å²) in [4.78, 5) is 26.1. The molecule has 1 aliphatic heterocycles. The third-order valence-corrected chi connectivity index (χ3v) is 5.05. The van der Waals surface area contributed by atoms with Gasteiger partial charge in [-0.15, -0.1) is 0 Å². The van der Waals surface area contributed by atoms with Crippen LogP contribution in [0.1, 0.15) is 26.2 Å². The second-order valence-electron chi connectivity index (χ2n) is 5.55. The van der Waals surface area contributed by atoms with E-state index in [9.17, 15) is 9.59 Å². The van der Waals surface area contributed by atoms with Crippen LogP contribution in [0.4, 0.5) is 10.5 Å². The van der Waals surface area contributed by atoms with Gasteiger partial charge in [0.05, 0.1) is 21.1 Å². The van der Waals surface area contributed by atoms with Gasteiger partial charge in [0.25, 0.3) is 0 Å². The number of benzene rings is 1.